The first-order chi connectivity index (χ1) is 12.0. The fourth-order valence-electron chi connectivity index (χ4n) is 3.13. The van der Waals surface area contributed by atoms with Crippen LogP contribution >= 0.6 is 34.5 Å². The summed E-state index contributed by atoms with van der Waals surface area (Å²) in [7, 11) is 0. The Hall–Kier alpha value is -1.56. The summed E-state index contributed by atoms with van der Waals surface area (Å²) in [4.78, 5) is 28.1. The van der Waals surface area contributed by atoms with Crippen molar-refractivity contribution in [3.8, 4) is 0 Å². The van der Waals surface area contributed by atoms with Gasteiger partial charge in [-0.2, -0.15) is 0 Å². The average Bonchev–Trinajstić information content (AvgIpc) is 3.09. The zero-order chi connectivity index (χ0) is 18.0. The fraction of sp³-hybridized carbons (Fsp3) is 0.333. The van der Waals surface area contributed by atoms with Crippen LogP contribution in [0, 0.1) is 0 Å². The van der Waals surface area contributed by atoms with Crippen LogP contribution in [0.2, 0.25) is 10.0 Å². The number of nitrogens with one attached hydrogen (secondary N) is 1. The smallest absolute Gasteiger partial charge is 0.251 e. The lowest BCUT2D eigenvalue weighted by Gasteiger charge is -2.35. The maximum atomic E-state index is 12.6. The van der Waals surface area contributed by atoms with E-state index in [1.165, 1.54) is 16.5 Å². The van der Waals surface area contributed by atoms with Crippen molar-refractivity contribution in [1.82, 2.24) is 10.2 Å². The normalized spacial score (nSPS) is 16.4. The maximum Gasteiger partial charge on any atom is 0.251 e. The summed E-state index contributed by atoms with van der Waals surface area (Å²) in [6.07, 6.45) is 1.73. The highest BCUT2D eigenvalue weighted by Crippen LogP contribution is 2.35. The van der Waals surface area contributed by atoms with Crippen LogP contribution in [0.4, 0.5) is 0 Å². The molecule has 1 N–H and O–H groups in total. The van der Waals surface area contributed by atoms with E-state index in [2.05, 4.69) is 23.7 Å². The van der Waals surface area contributed by atoms with Crippen LogP contribution < -0.4 is 5.32 Å². The molecule has 0 aliphatic carbocycles. The zero-order valence-corrected chi connectivity index (χ0v) is 16.0. The second kappa shape index (κ2) is 7.77. The minimum absolute atomic E-state index is 0.0327. The molecule has 2 amide bonds. The summed E-state index contributed by atoms with van der Waals surface area (Å²) in [5.41, 5.74) is 1.62. The highest BCUT2D eigenvalue weighted by molar-refractivity contribution is 7.10. The van der Waals surface area contributed by atoms with Crippen molar-refractivity contribution in [2.45, 2.75) is 25.8 Å². The van der Waals surface area contributed by atoms with E-state index in [-0.39, 0.29) is 24.4 Å². The lowest BCUT2D eigenvalue weighted by atomic mass is 9.98. The zero-order valence-electron chi connectivity index (χ0n) is 13.7. The van der Waals surface area contributed by atoms with Crippen LogP contribution in [0.3, 0.4) is 0 Å². The van der Waals surface area contributed by atoms with E-state index in [9.17, 15) is 9.59 Å². The Balaban J connectivity index is 1.64. The highest BCUT2D eigenvalue weighted by Gasteiger charge is 2.30. The van der Waals surface area contributed by atoms with E-state index in [0.29, 0.717) is 22.2 Å². The number of benzene rings is 1. The van der Waals surface area contributed by atoms with Crippen molar-refractivity contribution in [1.29, 1.82) is 0 Å². The molecule has 2 aromatic rings. The van der Waals surface area contributed by atoms with E-state index >= 15 is 0 Å². The number of rotatable bonds is 4. The molecule has 1 aliphatic rings. The molecule has 2 heterocycles. The molecule has 1 aromatic heterocycles. The Labute approximate surface area is 160 Å². The van der Waals surface area contributed by atoms with Crippen molar-refractivity contribution in [3.63, 3.8) is 0 Å². The van der Waals surface area contributed by atoms with Crippen LogP contribution in [0.5, 0.6) is 0 Å². The van der Waals surface area contributed by atoms with Gasteiger partial charge in [-0.1, -0.05) is 30.1 Å². The number of amides is 2. The molecule has 4 nitrogen and oxygen atoms in total. The van der Waals surface area contributed by atoms with Gasteiger partial charge in [-0.15, -0.1) is 11.3 Å². The van der Waals surface area contributed by atoms with Gasteiger partial charge < -0.3 is 10.2 Å². The highest BCUT2D eigenvalue weighted by atomic mass is 35.5. The van der Waals surface area contributed by atoms with Crippen molar-refractivity contribution in [2.24, 2.45) is 0 Å². The molecule has 1 atom stereocenters. The molecule has 25 heavy (non-hydrogen) atoms. The van der Waals surface area contributed by atoms with Gasteiger partial charge >= 0.3 is 0 Å². The second-order valence-corrected chi connectivity index (χ2v) is 7.69. The number of halogens is 2. The van der Waals surface area contributed by atoms with Crippen LogP contribution in [0.1, 0.15) is 40.2 Å². The summed E-state index contributed by atoms with van der Waals surface area (Å²) in [5, 5.41) is 5.45. The first kappa shape index (κ1) is 18.2. The van der Waals surface area contributed by atoms with Crippen LogP contribution in [-0.4, -0.2) is 29.8 Å². The Bertz CT molecular complexity index is 806. The second-order valence-electron chi connectivity index (χ2n) is 5.87. The minimum atomic E-state index is -0.340. The molecule has 0 saturated heterocycles. The third kappa shape index (κ3) is 3.84. The Morgan fingerprint density at radius 3 is 2.80 bits per heavy atom. The third-order valence-electron chi connectivity index (χ3n) is 4.38. The molecule has 0 saturated carbocycles. The van der Waals surface area contributed by atoms with Gasteiger partial charge in [0.25, 0.3) is 5.91 Å². The molecule has 1 aromatic carbocycles. The van der Waals surface area contributed by atoms with Gasteiger partial charge in [0, 0.05) is 17.0 Å². The number of hydrogen-bond acceptors (Lipinski definition) is 3. The number of fused-ring (bicyclic) bond motifs is 1. The lowest BCUT2D eigenvalue weighted by molar-refractivity contribution is -0.133. The van der Waals surface area contributed by atoms with Crippen LogP contribution in [0.25, 0.3) is 0 Å². The van der Waals surface area contributed by atoms with Crippen molar-refractivity contribution >= 4 is 46.4 Å². The van der Waals surface area contributed by atoms with Gasteiger partial charge in [-0.25, -0.2) is 0 Å². The van der Waals surface area contributed by atoms with E-state index < -0.39 is 0 Å². The fourth-order valence-corrected chi connectivity index (χ4v) is 4.36. The molecular weight excluding hydrogens is 379 g/mol. The quantitative estimate of drug-likeness (QED) is 0.836. The molecule has 0 bridgehead atoms. The van der Waals surface area contributed by atoms with E-state index in [1.807, 2.05) is 4.90 Å². The molecule has 0 fully saturated rings. The number of hydrogen-bond donors (Lipinski definition) is 1. The molecule has 1 aliphatic heterocycles. The molecule has 3 rings (SSSR count). The van der Waals surface area contributed by atoms with Crippen LogP contribution in [0.15, 0.2) is 29.6 Å². The van der Waals surface area contributed by atoms with Crippen LogP contribution in [-0.2, 0) is 11.2 Å². The molecule has 7 heteroatoms. The summed E-state index contributed by atoms with van der Waals surface area (Å²) in [5.74, 6) is -0.412. The first-order valence-electron chi connectivity index (χ1n) is 8.10. The van der Waals surface area contributed by atoms with Gasteiger partial charge in [-0.05, 0) is 48.1 Å². The van der Waals surface area contributed by atoms with Crippen molar-refractivity contribution < 1.29 is 9.59 Å². The molecule has 0 radical (unpaired) electrons. The SMILES string of the molecule is CC[C@@H]1c2ccsc2CCN1C(=O)CNC(=O)c1ccc(Cl)c(Cl)c1. The predicted octanol–water partition coefficient (Wildman–Crippen LogP) is 4.32. The summed E-state index contributed by atoms with van der Waals surface area (Å²) < 4.78 is 0. The van der Waals surface area contributed by atoms with E-state index in [4.69, 9.17) is 23.2 Å². The van der Waals surface area contributed by atoms with Gasteiger partial charge in [-0.3, -0.25) is 9.59 Å². The summed E-state index contributed by atoms with van der Waals surface area (Å²) in [6, 6.07) is 6.83. The average molecular weight is 397 g/mol. The minimum Gasteiger partial charge on any atom is -0.343 e. The van der Waals surface area contributed by atoms with Crippen molar-refractivity contribution in [2.75, 3.05) is 13.1 Å². The van der Waals surface area contributed by atoms with E-state index in [1.54, 1.807) is 23.5 Å². The van der Waals surface area contributed by atoms with Crippen molar-refractivity contribution in [3.05, 3.63) is 55.7 Å². The molecule has 0 unspecified atom stereocenters. The predicted molar refractivity (Wildman–Crippen MR) is 102 cm³/mol. The Kier molecular flexibility index (Phi) is 5.67. The number of thiophene rings is 1. The maximum absolute atomic E-state index is 12.6. The molecule has 132 valence electrons. The Morgan fingerprint density at radius 2 is 2.08 bits per heavy atom. The molecule has 0 spiro atoms. The standard InChI is InChI=1S/C18H18Cl2N2O2S/c1-2-15-12-6-8-25-16(12)5-7-22(15)17(23)10-21-18(24)11-3-4-13(19)14(20)9-11/h3-4,6,8-9,15H,2,5,7,10H2,1H3,(H,21,24)/t15-/m1/s1. The largest absolute Gasteiger partial charge is 0.343 e. The van der Waals surface area contributed by atoms with Gasteiger partial charge in [0.1, 0.15) is 0 Å². The third-order valence-corrected chi connectivity index (χ3v) is 6.12. The van der Waals surface area contributed by atoms with Gasteiger partial charge in [0.15, 0.2) is 0 Å². The van der Waals surface area contributed by atoms with Gasteiger partial charge in [0.2, 0.25) is 5.91 Å². The monoisotopic (exact) mass is 396 g/mol. The number of carbonyl (C=O) groups excluding carboxylic acids is 2. The first-order valence-corrected chi connectivity index (χ1v) is 9.73. The Morgan fingerprint density at radius 1 is 1.28 bits per heavy atom. The summed E-state index contributed by atoms with van der Waals surface area (Å²) in [6.45, 7) is 2.73. The summed E-state index contributed by atoms with van der Waals surface area (Å²) >= 11 is 13.5. The topological polar surface area (TPSA) is 49.4 Å². The molecular formula is C18H18Cl2N2O2S. The van der Waals surface area contributed by atoms with Gasteiger partial charge in [0.05, 0.1) is 22.6 Å². The lowest BCUT2D eigenvalue weighted by Crippen LogP contribution is -2.44. The number of carbonyl (C=O) groups is 2. The number of nitrogens with zero attached hydrogens (tertiary/aromatic N) is 1. The van der Waals surface area contributed by atoms with E-state index in [0.717, 1.165) is 12.8 Å².